The number of anilines is 1. The standard InChI is InChI=1S/C11H17BrN2S/c1-2-9-8-15-11(13-9)14-6-4-3-5-10(14)7-12/h8,10H,2-7H2,1H3. The lowest BCUT2D eigenvalue weighted by Gasteiger charge is -2.34. The van der Waals surface area contributed by atoms with Crippen molar-refractivity contribution in [3.63, 3.8) is 0 Å². The van der Waals surface area contributed by atoms with Crippen LogP contribution in [0.5, 0.6) is 0 Å². The van der Waals surface area contributed by atoms with E-state index in [1.807, 2.05) is 0 Å². The summed E-state index contributed by atoms with van der Waals surface area (Å²) in [6.45, 7) is 3.34. The number of thiazole rings is 1. The van der Waals surface area contributed by atoms with Crippen LogP contribution in [-0.2, 0) is 6.42 Å². The van der Waals surface area contributed by atoms with Crippen molar-refractivity contribution in [2.45, 2.75) is 38.6 Å². The molecule has 1 aromatic heterocycles. The van der Waals surface area contributed by atoms with Gasteiger partial charge in [0.05, 0.1) is 5.69 Å². The van der Waals surface area contributed by atoms with Crippen LogP contribution in [0.25, 0.3) is 0 Å². The summed E-state index contributed by atoms with van der Waals surface area (Å²) in [5, 5.41) is 4.47. The van der Waals surface area contributed by atoms with Gasteiger partial charge in [0.1, 0.15) is 0 Å². The summed E-state index contributed by atoms with van der Waals surface area (Å²) in [6, 6.07) is 0.648. The summed E-state index contributed by atoms with van der Waals surface area (Å²) >= 11 is 5.40. The number of hydrogen-bond donors (Lipinski definition) is 0. The molecule has 15 heavy (non-hydrogen) atoms. The van der Waals surface area contributed by atoms with Crippen molar-refractivity contribution < 1.29 is 0 Å². The van der Waals surface area contributed by atoms with Crippen molar-refractivity contribution in [1.29, 1.82) is 0 Å². The molecule has 0 spiro atoms. The first-order valence-electron chi connectivity index (χ1n) is 5.62. The average Bonchev–Trinajstić information content (AvgIpc) is 2.77. The van der Waals surface area contributed by atoms with Crippen LogP contribution in [0.1, 0.15) is 31.9 Å². The zero-order chi connectivity index (χ0) is 10.7. The Morgan fingerprint density at radius 3 is 3.13 bits per heavy atom. The molecule has 1 aromatic rings. The topological polar surface area (TPSA) is 16.1 Å². The van der Waals surface area contributed by atoms with Crippen molar-refractivity contribution in [2.75, 3.05) is 16.8 Å². The molecule has 1 saturated heterocycles. The van der Waals surface area contributed by atoms with Crippen LogP contribution < -0.4 is 4.90 Å². The Bertz CT molecular complexity index is 313. The molecule has 1 unspecified atom stereocenters. The highest BCUT2D eigenvalue weighted by molar-refractivity contribution is 9.09. The Hall–Kier alpha value is -0.0900. The molecule has 84 valence electrons. The van der Waals surface area contributed by atoms with E-state index in [0.29, 0.717) is 6.04 Å². The monoisotopic (exact) mass is 288 g/mol. The number of piperidine rings is 1. The number of rotatable bonds is 3. The lowest BCUT2D eigenvalue weighted by atomic mass is 10.0. The third-order valence-electron chi connectivity index (χ3n) is 2.95. The Balaban J connectivity index is 2.12. The molecular formula is C11H17BrN2S. The molecule has 2 nitrogen and oxygen atoms in total. The van der Waals surface area contributed by atoms with Crippen LogP contribution in [0.2, 0.25) is 0 Å². The molecule has 1 fully saturated rings. The molecule has 0 aromatic carbocycles. The second-order valence-electron chi connectivity index (χ2n) is 3.97. The quantitative estimate of drug-likeness (QED) is 0.792. The van der Waals surface area contributed by atoms with E-state index in [9.17, 15) is 0 Å². The second-order valence-corrected chi connectivity index (χ2v) is 5.46. The van der Waals surface area contributed by atoms with E-state index in [0.717, 1.165) is 11.8 Å². The molecule has 1 atom stereocenters. The first-order chi connectivity index (χ1) is 7.35. The number of aromatic nitrogens is 1. The van der Waals surface area contributed by atoms with Gasteiger partial charge in [-0.2, -0.15) is 0 Å². The Morgan fingerprint density at radius 1 is 1.60 bits per heavy atom. The zero-order valence-electron chi connectivity index (χ0n) is 9.08. The lowest BCUT2D eigenvalue weighted by molar-refractivity contribution is 0.490. The molecule has 0 bridgehead atoms. The maximum Gasteiger partial charge on any atom is 0.185 e. The smallest absolute Gasteiger partial charge is 0.185 e. The molecule has 2 heterocycles. The molecule has 1 aliphatic heterocycles. The predicted octanol–water partition coefficient (Wildman–Crippen LogP) is 3.46. The first-order valence-corrected chi connectivity index (χ1v) is 7.62. The van der Waals surface area contributed by atoms with Gasteiger partial charge in [0.25, 0.3) is 0 Å². The van der Waals surface area contributed by atoms with Gasteiger partial charge >= 0.3 is 0 Å². The largest absolute Gasteiger partial charge is 0.344 e. The molecule has 2 rings (SSSR count). The van der Waals surface area contributed by atoms with E-state index in [2.05, 4.69) is 38.1 Å². The minimum Gasteiger partial charge on any atom is -0.344 e. The van der Waals surface area contributed by atoms with E-state index in [1.165, 1.54) is 36.6 Å². The number of nitrogens with zero attached hydrogens (tertiary/aromatic N) is 2. The molecule has 0 aliphatic carbocycles. The molecule has 0 amide bonds. The van der Waals surface area contributed by atoms with Crippen molar-refractivity contribution in [3.8, 4) is 0 Å². The maximum absolute atomic E-state index is 4.67. The highest BCUT2D eigenvalue weighted by atomic mass is 79.9. The van der Waals surface area contributed by atoms with E-state index in [-0.39, 0.29) is 0 Å². The maximum atomic E-state index is 4.67. The summed E-state index contributed by atoms with van der Waals surface area (Å²) in [7, 11) is 0. The minimum absolute atomic E-state index is 0.648. The summed E-state index contributed by atoms with van der Waals surface area (Å²) in [6.07, 6.45) is 5.01. The second kappa shape index (κ2) is 5.30. The van der Waals surface area contributed by atoms with Crippen molar-refractivity contribution in [3.05, 3.63) is 11.1 Å². The number of hydrogen-bond acceptors (Lipinski definition) is 3. The highest BCUT2D eigenvalue weighted by Crippen LogP contribution is 2.28. The van der Waals surface area contributed by atoms with E-state index in [1.54, 1.807) is 11.3 Å². The van der Waals surface area contributed by atoms with Crippen molar-refractivity contribution in [2.24, 2.45) is 0 Å². The number of halogens is 1. The van der Waals surface area contributed by atoms with E-state index >= 15 is 0 Å². The number of alkyl halides is 1. The van der Waals surface area contributed by atoms with Crippen LogP contribution in [0, 0.1) is 0 Å². The van der Waals surface area contributed by atoms with E-state index < -0.39 is 0 Å². The van der Waals surface area contributed by atoms with E-state index in [4.69, 9.17) is 0 Å². The summed E-state index contributed by atoms with van der Waals surface area (Å²) in [5.41, 5.74) is 1.23. The van der Waals surface area contributed by atoms with Crippen LogP contribution in [0.15, 0.2) is 5.38 Å². The highest BCUT2D eigenvalue weighted by Gasteiger charge is 2.23. The molecule has 0 saturated carbocycles. The van der Waals surface area contributed by atoms with Gasteiger partial charge in [-0.1, -0.05) is 22.9 Å². The fraction of sp³-hybridized carbons (Fsp3) is 0.727. The van der Waals surface area contributed by atoms with Crippen molar-refractivity contribution in [1.82, 2.24) is 4.98 Å². The minimum atomic E-state index is 0.648. The Labute approximate surface area is 104 Å². The van der Waals surface area contributed by atoms with Gasteiger partial charge in [0, 0.05) is 23.3 Å². The molecular weight excluding hydrogens is 272 g/mol. The third kappa shape index (κ3) is 2.53. The summed E-state index contributed by atoms with van der Waals surface area (Å²) in [4.78, 5) is 7.15. The fourth-order valence-corrected chi connectivity index (χ4v) is 3.68. The van der Waals surface area contributed by atoms with Gasteiger partial charge in [-0.3, -0.25) is 0 Å². The van der Waals surface area contributed by atoms with Gasteiger partial charge < -0.3 is 4.90 Å². The molecule has 4 heteroatoms. The van der Waals surface area contributed by atoms with Crippen molar-refractivity contribution >= 4 is 32.4 Å². The molecule has 0 radical (unpaired) electrons. The fourth-order valence-electron chi connectivity index (χ4n) is 2.00. The van der Waals surface area contributed by atoms with Crippen LogP contribution >= 0.6 is 27.3 Å². The summed E-state index contributed by atoms with van der Waals surface area (Å²) in [5.74, 6) is 0. The van der Waals surface area contributed by atoms with Gasteiger partial charge in [-0.05, 0) is 25.7 Å². The SMILES string of the molecule is CCc1csc(N2CCCCC2CBr)n1. The van der Waals surface area contributed by atoms with Crippen LogP contribution in [0.4, 0.5) is 5.13 Å². The zero-order valence-corrected chi connectivity index (χ0v) is 11.5. The van der Waals surface area contributed by atoms with Crippen LogP contribution in [-0.4, -0.2) is 22.9 Å². The van der Waals surface area contributed by atoms with Crippen LogP contribution in [0.3, 0.4) is 0 Å². The van der Waals surface area contributed by atoms with Gasteiger partial charge in [-0.25, -0.2) is 4.98 Å². The Kier molecular flexibility index (Phi) is 4.03. The molecule has 1 aliphatic rings. The first kappa shape index (κ1) is 11.4. The summed E-state index contributed by atoms with van der Waals surface area (Å²) < 4.78 is 0. The predicted molar refractivity (Wildman–Crippen MR) is 70.3 cm³/mol. The lowest BCUT2D eigenvalue weighted by Crippen LogP contribution is -2.40. The third-order valence-corrected chi connectivity index (χ3v) is 4.63. The number of aryl methyl sites for hydroxylation is 1. The van der Waals surface area contributed by atoms with Gasteiger partial charge in [0.2, 0.25) is 0 Å². The van der Waals surface area contributed by atoms with Gasteiger partial charge in [-0.15, -0.1) is 11.3 Å². The average molecular weight is 289 g/mol. The van der Waals surface area contributed by atoms with Gasteiger partial charge in [0.15, 0.2) is 5.13 Å². The Morgan fingerprint density at radius 2 is 2.47 bits per heavy atom. The molecule has 0 N–H and O–H groups in total. The normalized spacial score (nSPS) is 22.0.